The number of sulfone groups is 1. The molecule has 2 fully saturated rings. The molecule has 1 saturated carbocycles. The van der Waals surface area contributed by atoms with Crippen LogP contribution in [-0.4, -0.2) is 79.5 Å². The van der Waals surface area contributed by atoms with Crippen LogP contribution in [-0.2, 0) is 24.2 Å². The number of rotatable bonds is 14. The number of nitrogens with one attached hydrogen (secondary N) is 3. The highest BCUT2D eigenvalue weighted by molar-refractivity contribution is 7.91. The first-order valence-electron chi connectivity index (χ1n) is 16.7. The molecule has 3 rings (SSSR count). The van der Waals surface area contributed by atoms with Crippen molar-refractivity contribution in [3.8, 4) is 0 Å². The number of benzene rings is 1. The van der Waals surface area contributed by atoms with E-state index in [0.29, 0.717) is 51.1 Å². The van der Waals surface area contributed by atoms with Gasteiger partial charge < -0.3 is 21.7 Å². The molecule has 4 atom stereocenters. The third-order valence-corrected chi connectivity index (χ3v) is 11.6. The molecule has 0 bridgehead atoms. The minimum atomic E-state index is -3.64. The number of likely N-dealkylation sites (tertiary alicyclic amines) is 1. The average molecular weight is 662 g/mol. The first-order chi connectivity index (χ1) is 21.5. The van der Waals surface area contributed by atoms with Gasteiger partial charge in [-0.1, -0.05) is 85.4 Å². The molecule has 1 aliphatic heterocycles. The number of ketones is 1. The standard InChI is InChI=1S/C34H55N5O6S/c1-7-14-26(29(40)30(35)41)36-31(42)27-19-24(23(2)3)20-39(27)21-28(33(4,5)6)37-32(43)38-34(17-12-9-13-18-34)22-46(44,45)25-15-10-8-11-16-25/h8,10-11,15-16,23-24,26-28H,7,9,12-14,17-22H2,1-6H3,(H2,35,41)(H,36,42)(H2,37,38,43)/t24-,26?,27+,28-/m1/s1. The van der Waals surface area contributed by atoms with Crippen molar-refractivity contribution in [3.05, 3.63) is 30.3 Å². The number of amides is 4. The second-order valence-electron chi connectivity index (χ2n) is 14.7. The van der Waals surface area contributed by atoms with Crippen LogP contribution in [0.5, 0.6) is 0 Å². The lowest BCUT2D eigenvalue weighted by molar-refractivity contribution is -0.139. The molecule has 1 aromatic carbocycles. The van der Waals surface area contributed by atoms with Crippen molar-refractivity contribution in [2.24, 2.45) is 23.0 Å². The maximum absolute atomic E-state index is 13.7. The molecule has 2 aliphatic rings. The van der Waals surface area contributed by atoms with Crippen LogP contribution >= 0.6 is 0 Å². The van der Waals surface area contributed by atoms with E-state index < -0.39 is 56.6 Å². The van der Waals surface area contributed by atoms with Gasteiger partial charge in [0.15, 0.2) is 9.84 Å². The second-order valence-corrected chi connectivity index (χ2v) is 16.7. The van der Waals surface area contributed by atoms with E-state index in [1.165, 1.54) is 0 Å². The molecule has 0 spiro atoms. The highest BCUT2D eigenvalue weighted by atomic mass is 32.2. The number of nitrogens with two attached hydrogens (primary N) is 1. The summed E-state index contributed by atoms with van der Waals surface area (Å²) < 4.78 is 26.8. The molecule has 1 aromatic rings. The summed E-state index contributed by atoms with van der Waals surface area (Å²) in [5, 5.41) is 9.04. The molecule has 1 heterocycles. The summed E-state index contributed by atoms with van der Waals surface area (Å²) in [6, 6.07) is 5.99. The lowest BCUT2D eigenvalue weighted by Crippen LogP contribution is -2.61. The van der Waals surface area contributed by atoms with Crippen molar-refractivity contribution >= 4 is 33.5 Å². The maximum atomic E-state index is 13.7. The summed E-state index contributed by atoms with van der Waals surface area (Å²) in [5.41, 5.74) is 3.96. The lowest BCUT2D eigenvalue weighted by atomic mass is 9.83. The van der Waals surface area contributed by atoms with Gasteiger partial charge in [-0.05, 0) is 55.1 Å². The Morgan fingerprint density at radius 1 is 1.02 bits per heavy atom. The lowest BCUT2D eigenvalue weighted by Gasteiger charge is -2.40. The Bertz CT molecular complexity index is 1320. The van der Waals surface area contributed by atoms with E-state index in [1.807, 2.05) is 27.7 Å². The molecule has 0 aromatic heterocycles. The zero-order valence-electron chi connectivity index (χ0n) is 28.4. The van der Waals surface area contributed by atoms with Gasteiger partial charge in [0.25, 0.3) is 5.91 Å². The predicted molar refractivity (Wildman–Crippen MR) is 179 cm³/mol. The number of urea groups is 1. The monoisotopic (exact) mass is 661 g/mol. The van der Waals surface area contributed by atoms with Gasteiger partial charge in [-0.15, -0.1) is 0 Å². The Hall–Kier alpha value is -2.99. The molecule has 11 nitrogen and oxygen atoms in total. The second kappa shape index (κ2) is 15.7. The number of Topliss-reactive ketones (excluding diaryl/α,β-unsaturated/α-hetero) is 1. The van der Waals surface area contributed by atoms with Crippen LogP contribution in [0.3, 0.4) is 0 Å². The summed E-state index contributed by atoms with van der Waals surface area (Å²) in [5.74, 6) is -1.86. The van der Waals surface area contributed by atoms with E-state index >= 15 is 0 Å². The van der Waals surface area contributed by atoms with E-state index in [1.54, 1.807) is 30.3 Å². The van der Waals surface area contributed by atoms with Crippen molar-refractivity contribution < 1.29 is 27.6 Å². The van der Waals surface area contributed by atoms with Gasteiger partial charge in [-0.3, -0.25) is 19.3 Å². The quantitative estimate of drug-likeness (QED) is 0.221. The molecule has 5 N–H and O–H groups in total. The predicted octanol–water partition coefficient (Wildman–Crippen LogP) is 3.56. The van der Waals surface area contributed by atoms with E-state index in [0.717, 1.165) is 19.3 Å². The van der Waals surface area contributed by atoms with Gasteiger partial charge in [0.2, 0.25) is 11.7 Å². The van der Waals surface area contributed by atoms with E-state index in [-0.39, 0.29) is 22.5 Å². The topological polar surface area (TPSA) is 168 Å². The van der Waals surface area contributed by atoms with Crippen LogP contribution in [0.4, 0.5) is 4.79 Å². The molecule has 1 unspecified atom stereocenters. The van der Waals surface area contributed by atoms with E-state index in [2.05, 4.69) is 34.7 Å². The van der Waals surface area contributed by atoms with E-state index in [4.69, 9.17) is 5.73 Å². The Kier molecular flexibility index (Phi) is 12.8. The fourth-order valence-corrected chi connectivity index (χ4v) is 8.53. The summed E-state index contributed by atoms with van der Waals surface area (Å²) in [6.07, 6.45) is 5.25. The highest BCUT2D eigenvalue weighted by Crippen LogP contribution is 2.33. The molecule has 258 valence electrons. The fraction of sp³-hybridized carbons (Fsp3) is 0.706. The number of carbonyl (C=O) groups is 4. The average Bonchev–Trinajstić information content (AvgIpc) is 3.40. The maximum Gasteiger partial charge on any atom is 0.315 e. The highest BCUT2D eigenvalue weighted by Gasteiger charge is 2.43. The number of primary amides is 1. The van der Waals surface area contributed by atoms with Crippen LogP contribution in [0.15, 0.2) is 35.2 Å². The van der Waals surface area contributed by atoms with Crippen molar-refractivity contribution in [1.29, 1.82) is 0 Å². The van der Waals surface area contributed by atoms with Crippen LogP contribution in [0.1, 0.15) is 92.9 Å². The first kappa shape index (κ1) is 37.5. The Balaban J connectivity index is 1.80. The number of hydrogen-bond donors (Lipinski definition) is 4. The number of carbonyl (C=O) groups excluding carboxylic acids is 4. The van der Waals surface area contributed by atoms with Crippen LogP contribution < -0.4 is 21.7 Å². The Morgan fingerprint density at radius 3 is 2.20 bits per heavy atom. The summed E-state index contributed by atoms with van der Waals surface area (Å²) in [7, 11) is -3.64. The zero-order valence-corrected chi connectivity index (χ0v) is 29.3. The van der Waals surface area contributed by atoms with E-state index in [9.17, 15) is 27.6 Å². The largest absolute Gasteiger partial charge is 0.363 e. The smallest absolute Gasteiger partial charge is 0.315 e. The molecule has 46 heavy (non-hydrogen) atoms. The Labute approximate surface area is 275 Å². The summed E-state index contributed by atoms with van der Waals surface area (Å²) in [4.78, 5) is 53.7. The molecule has 0 radical (unpaired) electrons. The SMILES string of the molecule is CCCC(NC(=O)[C@@H]1C[C@@H](C(C)C)CN1C[C@@H](NC(=O)NC1(CS(=O)(=O)c2ccccc2)CCCCC1)C(C)(C)C)C(=O)C(N)=O. The van der Waals surface area contributed by atoms with Gasteiger partial charge in [-0.2, -0.15) is 0 Å². The molecule has 1 saturated heterocycles. The summed E-state index contributed by atoms with van der Waals surface area (Å²) >= 11 is 0. The van der Waals surface area contributed by atoms with Gasteiger partial charge in [0, 0.05) is 19.1 Å². The molecule has 12 heteroatoms. The first-order valence-corrected chi connectivity index (χ1v) is 18.4. The van der Waals surface area contributed by atoms with Crippen molar-refractivity contribution in [2.75, 3.05) is 18.8 Å². The van der Waals surface area contributed by atoms with Gasteiger partial charge in [-0.25, -0.2) is 13.2 Å². The van der Waals surface area contributed by atoms with Crippen LogP contribution in [0, 0.1) is 17.3 Å². The van der Waals surface area contributed by atoms with Crippen molar-refractivity contribution in [1.82, 2.24) is 20.9 Å². The van der Waals surface area contributed by atoms with Gasteiger partial charge in [0.1, 0.15) is 0 Å². The fourth-order valence-electron chi connectivity index (χ4n) is 6.71. The Morgan fingerprint density at radius 2 is 1.65 bits per heavy atom. The van der Waals surface area contributed by atoms with Gasteiger partial charge >= 0.3 is 6.03 Å². The third-order valence-electron chi connectivity index (χ3n) is 9.66. The van der Waals surface area contributed by atoms with Gasteiger partial charge in [0.05, 0.1) is 28.3 Å². The number of nitrogens with zero attached hydrogens (tertiary/aromatic N) is 1. The van der Waals surface area contributed by atoms with Crippen LogP contribution in [0.25, 0.3) is 0 Å². The minimum Gasteiger partial charge on any atom is -0.363 e. The molecular weight excluding hydrogens is 606 g/mol. The van der Waals surface area contributed by atoms with Crippen molar-refractivity contribution in [3.63, 3.8) is 0 Å². The van der Waals surface area contributed by atoms with Crippen molar-refractivity contribution in [2.45, 2.75) is 121 Å². The molecule has 1 aliphatic carbocycles. The molecular formula is C34H55N5O6S. The zero-order chi connectivity index (χ0) is 34.3. The third kappa shape index (κ3) is 10.0. The molecule has 4 amide bonds. The minimum absolute atomic E-state index is 0.176. The number of hydrogen-bond acceptors (Lipinski definition) is 7. The van der Waals surface area contributed by atoms with Crippen LogP contribution in [0.2, 0.25) is 0 Å². The summed E-state index contributed by atoms with van der Waals surface area (Å²) in [6.45, 7) is 13.1. The normalized spacial score (nSPS) is 21.7.